The van der Waals surface area contributed by atoms with Crippen LogP contribution in [-0.2, 0) is 4.79 Å². The van der Waals surface area contributed by atoms with Crippen LogP contribution in [0.15, 0.2) is 28.4 Å². The van der Waals surface area contributed by atoms with Crippen LogP contribution in [0.1, 0.15) is 22.5 Å². The van der Waals surface area contributed by atoms with Crippen LogP contribution in [0.25, 0.3) is 4.96 Å². The third kappa shape index (κ3) is 3.28. The van der Waals surface area contributed by atoms with Crippen molar-refractivity contribution >= 4 is 27.9 Å². The van der Waals surface area contributed by atoms with E-state index in [1.165, 1.54) is 15.7 Å². The minimum absolute atomic E-state index is 0.172. The number of thiazole rings is 1. The average molecular weight is 357 g/mol. The standard InChI is InChI=1S/C18H19N3O3S/c1-10-6-5-7-14(12(10)3)24-8-15(22)20-16-13(4)19-18-21(17(16)23)11(2)9-25-18/h5-7,9H,8H2,1-4H3,(H,20,22). The van der Waals surface area contributed by atoms with Gasteiger partial charge in [-0.25, -0.2) is 4.98 Å². The largest absolute Gasteiger partial charge is 0.483 e. The van der Waals surface area contributed by atoms with Crippen molar-refractivity contribution in [3.05, 3.63) is 56.4 Å². The first kappa shape index (κ1) is 17.2. The zero-order valence-electron chi connectivity index (χ0n) is 14.5. The van der Waals surface area contributed by atoms with Gasteiger partial charge in [0.25, 0.3) is 11.5 Å². The molecule has 3 aromatic rings. The van der Waals surface area contributed by atoms with E-state index in [9.17, 15) is 9.59 Å². The minimum Gasteiger partial charge on any atom is -0.483 e. The maximum absolute atomic E-state index is 12.6. The van der Waals surface area contributed by atoms with Gasteiger partial charge in [-0.05, 0) is 44.9 Å². The Morgan fingerprint density at radius 3 is 2.80 bits per heavy atom. The molecule has 0 saturated heterocycles. The molecule has 0 aliphatic heterocycles. The van der Waals surface area contributed by atoms with Crippen molar-refractivity contribution in [3.63, 3.8) is 0 Å². The van der Waals surface area contributed by atoms with Crippen molar-refractivity contribution in [2.24, 2.45) is 0 Å². The molecule has 0 spiro atoms. The number of benzene rings is 1. The highest BCUT2D eigenvalue weighted by Gasteiger charge is 2.15. The molecule has 7 heteroatoms. The van der Waals surface area contributed by atoms with Gasteiger partial charge in [0.15, 0.2) is 11.6 Å². The van der Waals surface area contributed by atoms with Crippen molar-refractivity contribution < 1.29 is 9.53 Å². The highest BCUT2D eigenvalue weighted by molar-refractivity contribution is 7.15. The summed E-state index contributed by atoms with van der Waals surface area (Å²) in [6, 6.07) is 5.68. The minimum atomic E-state index is -0.393. The quantitative estimate of drug-likeness (QED) is 0.779. The SMILES string of the molecule is Cc1cccc(OCC(=O)Nc2c(C)nc3scc(C)n3c2=O)c1C. The van der Waals surface area contributed by atoms with E-state index in [0.29, 0.717) is 16.4 Å². The van der Waals surface area contributed by atoms with Crippen LogP contribution in [0, 0.1) is 27.7 Å². The van der Waals surface area contributed by atoms with Gasteiger partial charge in [-0.1, -0.05) is 12.1 Å². The first-order chi connectivity index (χ1) is 11.9. The van der Waals surface area contributed by atoms with Gasteiger partial charge in [-0.2, -0.15) is 0 Å². The summed E-state index contributed by atoms with van der Waals surface area (Å²) >= 11 is 1.39. The molecule has 2 aromatic heterocycles. The van der Waals surface area contributed by atoms with E-state index >= 15 is 0 Å². The van der Waals surface area contributed by atoms with E-state index in [4.69, 9.17) is 4.74 Å². The van der Waals surface area contributed by atoms with Gasteiger partial charge >= 0.3 is 0 Å². The third-order valence-electron chi connectivity index (χ3n) is 4.10. The van der Waals surface area contributed by atoms with Gasteiger partial charge in [0.2, 0.25) is 0 Å². The Morgan fingerprint density at radius 2 is 2.04 bits per heavy atom. The van der Waals surface area contributed by atoms with Gasteiger partial charge in [0.1, 0.15) is 11.4 Å². The van der Waals surface area contributed by atoms with Crippen molar-refractivity contribution in [1.82, 2.24) is 9.38 Å². The highest BCUT2D eigenvalue weighted by Crippen LogP contribution is 2.20. The van der Waals surface area contributed by atoms with Crippen molar-refractivity contribution in [3.8, 4) is 5.75 Å². The van der Waals surface area contributed by atoms with Crippen LogP contribution in [-0.4, -0.2) is 21.9 Å². The lowest BCUT2D eigenvalue weighted by Gasteiger charge is -2.12. The lowest BCUT2D eigenvalue weighted by molar-refractivity contribution is -0.118. The van der Waals surface area contributed by atoms with E-state index < -0.39 is 5.91 Å². The molecule has 0 unspecified atom stereocenters. The molecule has 0 fully saturated rings. The summed E-state index contributed by atoms with van der Waals surface area (Å²) in [7, 11) is 0. The molecule has 0 saturated carbocycles. The zero-order chi connectivity index (χ0) is 18.1. The molecular weight excluding hydrogens is 338 g/mol. The predicted octanol–water partition coefficient (Wildman–Crippen LogP) is 3.01. The second-order valence-electron chi connectivity index (χ2n) is 5.91. The molecule has 0 bridgehead atoms. The Hall–Kier alpha value is -2.67. The monoisotopic (exact) mass is 357 g/mol. The molecule has 130 valence electrons. The number of hydrogen-bond donors (Lipinski definition) is 1. The summed E-state index contributed by atoms with van der Waals surface area (Å²) in [5, 5.41) is 4.50. The maximum atomic E-state index is 12.6. The van der Waals surface area contributed by atoms with Gasteiger partial charge < -0.3 is 10.1 Å². The number of nitrogens with one attached hydrogen (secondary N) is 1. The predicted molar refractivity (Wildman–Crippen MR) is 98.9 cm³/mol. The molecular formula is C18H19N3O3S. The fraction of sp³-hybridized carbons (Fsp3) is 0.278. The van der Waals surface area contributed by atoms with Crippen LogP contribution in [0.3, 0.4) is 0 Å². The molecule has 0 radical (unpaired) electrons. The Bertz CT molecular complexity index is 1020. The third-order valence-corrected chi connectivity index (χ3v) is 5.04. The summed E-state index contributed by atoms with van der Waals surface area (Å²) in [5.74, 6) is 0.265. The van der Waals surface area contributed by atoms with Crippen molar-refractivity contribution in [1.29, 1.82) is 0 Å². The summed E-state index contributed by atoms with van der Waals surface area (Å²) < 4.78 is 7.09. The number of nitrogens with zero attached hydrogens (tertiary/aromatic N) is 2. The Kier molecular flexibility index (Phi) is 4.59. The average Bonchev–Trinajstić information content (AvgIpc) is 2.93. The number of aryl methyl sites for hydroxylation is 3. The highest BCUT2D eigenvalue weighted by atomic mass is 32.1. The van der Waals surface area contributed by atoms with Crippen LogP contribution < -0.4 is 15.6 Å². The lowest BCUT2D eigenvalue weighted by Crippen LogP contribution is -2.28. The van der Waals surface area contributed by atoms with E-state index in [1.807, 2.05) is 44.4 Å². The van der Waals surface area contributed by atoms with Crippen molar-refractivity contribution in [2.75, 3.05) is 11.9 Å². The summed E-state index contributed by atoms with van der Waals surface area (Å²) in [4.78, 5) is 29.8. The number of fused-ring (bicyclic) bond motifs is 1. The molecule has 1 amide bonds. The van der Waals surface area contributed by atoms with Crippen LogP contribution in [0.5, 0.6) is 5.75 Å². The Morgan fingerprint density at radius 1 is 1.28 bits per heavy atom. The van der Waals surface area contributed by atoms with Crippen LogP contribution >= 0.6 is 11.3 Å². The molecule has 2 heterocycles. The molecule has 0 aliphatic carbocycles. The molecule has 3 rings (SSSR count). The van der Waals surface area contributed by atoms with Gasteiger partial charge in [0, 0.05) is 11.1 Å². The maximum Gasteiger partial charge on any atom is 0.282 e. The number of amides is 1. The Balaban J connectivity index is 1.79. The fourth-order valence-corrected chi connectivity index (χ4v) is 3.43. The number of hydrogen-bond acceptors (Lipinski definition) is 5. The molecule has 1 aromatic carbocycles. The van der Waals surface area contributed by atoms with E-state index in [2.05, 4.69) is 10.3 Å². The number of ether oxygens (including phenoxy) is 1. The number of carbonyl (C=O) groups is 1. The van der Waals surface area contributed by atoms with E-state index in [0.717, 1.165) is 16.8 Å². The number of rotatable bonds is 4. The molecule has 0 atom stereocenters. The number of aromatic nitrogens is 2. The van der Waals surface area contributed by atoms with Crippen LogP contribution in [0.2, 0.25) is 0 Å². The summed E-state index contributed by atoms with van der Waals surface area (Å²) in [5.41, 5.74) is 3.28. The smallest absolute Gasteiger partial charge is 0.282 e. The zero-order valence-corrected chi connectivity index (χ0v) is 15.4. The Labute approximate surface area is 149 Å². The van der Waals surface area contributed by atoms with Gasteiger partial charge in [-0.15, -0.1) is 11.3 Å². The first-order valence-electron chi connectivity index (χ1n) is 7.85. The summed E-state index contributed by atoms with van der Waals surface area (Å²) in [6.07, 6.45) is 0. The lowest BCUT2D eigenvalue weighted by atomic mass is 10.1. The molecule has 6 nitrogen and oxygen atoms in total. The first-order valence-corrected chi connectivity index (χ1v) is 8.72. The normalized spacial score (nSPS) is 10.9. The van der Waals surface area contributed by atoms with E-state index in [-0.39, 0.29) is 17.9 Å². The topological polar surface area (TPSA) is 72.7 Å². The molecule has 0 aliphatic rings. The summed E-state index contributed by atoms with van der Waals surface area (Å²) in [6.45, 7) is 7.29. The second kappa shape index (κ2) is 6.68. The van der Waals surface area contributed by atoms with Crippen molar-refractivity contribution in [2.45, 2.75) is 27.7 Å². The molecule has 25 heavy (non-hydrogen) atoms. The number of carbonyl (C=O) groups excluding carboxylic acids is 1. The van der Waals surface area contributed by atoms with Gasteiger partial charge in [-0.3, -0.25) is 14.0 Å². The fourth-order valence-electron chi connectivity index (χ4n) is 2.53. The van der Waals surface area contributed by atoms with E-state index in [1.54, 1.807) is 6.92 Å². The van der Waals surface area contributed by atoms with Gasteiger partial charge in [0.05, 0.1) is 5.69 Å². The molecule has 1 N–H and O–H groups in total. The van der Waals surface area contributed by atoms with Crippen LogP contribution in [0.4, 0.5) is 5.69 Å². The second-order valence-corrected chi connectivity index (χ2v) is 6.74. The number of anilines is 1.